The number of nitrogens with one attached hydrogen (secondary N) is 1. The second kappa shape index (κ2) is 14.7. The average molecular weight is 313 g/mol. The van der Waals surface area contributed by atoms with E-state index >= 15 is 0 Å². The SMILES string of the molecule is CCCCN(C)C(=NCCCCCCC(=O)OCC)NCC. The summed E-state index contributed by atoms with van der Waals surface area (Å²) in [6, 6.07) is 0. The van der Waals surface area contributed by atoms with Gasteiger partial charge in [0, 0.05) is 33.1 Å². The molecule has 130 valence electrons. The fraction of sp³-hybridized carbons (Fsp3) is 0.882. The smallest absolute Gasteiger partial charge is 0.305 e. The van der Waals surface area contributed by atoms with Crippen LogP contribution in [0.15, 0.2) is 4.99 Å². The van der Waals surface area contributed by atoms with Crippen molar-refractivity contribution in [3.8, 4) is 0 Å². The van der Waals surface area contributed by atoms with Gasteiger partial charge in [0.25, 0.3) is 0 Å². The number of aliphatic imine (C=N–C) groups is 1. The van der Waals surface area contributed by atoms with Crippen LogP contribution in [0.2, 0.25) is 0 Å². The molecule has 0 bridgehead atoms. The van der Waals surface area contributed by atoms with E-state index in [1.54, 1.807) is 0 Å². The number of esters is 1. The molecule has 0 saturated heterocycles. The molecule has 0 unspecified atom stereocenters. The normalized spacial score (nSPS) is 11.4. The minimum atomic E-state index is -0.0764. The molecule has 5 nitrogen and oxygen atoms in total. The number of ether oxygens (including phenoxy) is 1. The zero-order chi connectivity index (χ0) is 16.6. The first-order valence-corrected chi connectivity index (χ1v) is 8.80. The van der Waals surface area contributed by atoms with E-state index in [0.29, 0.717) is 13.0 Å². The number of unbranched alkanes of at least 4 members (excludes halogenated alkanes) is 4. The summed E-state index contributed by atoms with van der Waals surface area (Å²) in [5.41, 5.74) is 0. The number of guanidine groups is 1. The Bertz CT molecular complexity index is 306. The van der Waals surface area contributed by atoms with Gasteiger partial charge in [0.05, 0.1) is 6.61 Å². The van der Waals surface area contributed by atoms with Gasteiger partial charge < -0.3 is 15.0 Å². The molecule has 0 aromatic heterocycles. The van der Waals surface area contributed by atoms with Gasteiger partial charge in [-0.2, -0.15) is 0 Å². The first-order valence-electron chi connectivity index (χ1n) is 8.80. The van der Waals surface area contributed by atoms with E-state index in [4.69, 9.17) is 4.74 Å². The van der Waals surface area contributed by atoms with Gasteiger partial charge in [-0.15, -0.1) is 0 Å². The van der Waals surface area contributed by atoms with E-state index in [-0.39, 0.29) is 5.97 Å². The summed E-state index contributed by atoms with van der Waals surface area (Å²) < 4.78 is 4.91. The molecule has 0 aliphatic rings. The fourth-order valence-electron chi connectivity index (χ4n) is 2.12. The van der Waals surface area contributed by atoms with Crippen LogP contribution in [0.3, 0.4) is 0 Å². The van der Waals surface area contributed by atoms with Crippen molar-refractivity contribution in [1.29, 1.82) is 0 Å². The number of hydrogen-bond acceptors (Lipinski definition) is 3. The van der Waals surface area contributed by atoms with Crippen molar-refractivity contribution < 1.29 is 9.53 Å². The van der Waals surface area contributed by atoms with Gasteiger partial charge in [-0.25, -0.2) is 0 Å². The van der Waals surface area contributed by atoms with Gasteiger partial charge in [0.2, 0.25) is 0 Å². The molecule has 22 heavy (non-hydrogen) atoms. The van der Waals surface area contributed by atoms with E-state index in [2.05, 4.69) is 36.1 Å². The third-order valence-electron chi connectivity index (χ3n) is 3.40. The molecule has 0 aliphatic heterocycles. The van der Waals surface area contributed by atoms with E-state index < -0.39 is 0 Å². The molecule has 0 rings (SSSR count). The summed E-state index contributed by atoms with van der Waals surface area (Å²) in [6.07, 6.45) is 7.09. The maximum Gasteiger partial charge on any atom is 0.305 e. The predicted molar refractivity (Wildman–Crippen MR) is 93.2 cm³/mol. The fourth-order valence-corrected chi connectivity index (χ4v) is 2.12. The van der Waals surface area contributed by atoms with Crippen LogP contribution in [0.4, 0.5) is 0 Å². The summed E-state index contributed by atoms with van der Waals surface area (Å²) in [7, 11) is 2.09. The average Bonchev–Trinajstić information content (AvgIpc) is 2.50. The molecule has 1 N–H and O–H groups in total. The van der Waals surface area contributed by atoms with E-state index in [9.17, 15) is 4.79 Å². The third kappa shape index (κ3) is 11.4. The molecule has 0 aromatic rings. The monoisotopic (exact) mass is 313 g/mol. The molecule has 0 spiro atoms. The van der Waals surface area contributed by atoms with Crippen LogP contribution in [-0.2, 0) is 9.53 Å². The Balaban J connectivity index is 3.83. The molecule has 0 heterocycles. The highest BCUT2D eigenvalue weighted by molar-refractivity contribution is 5.79. The van der Waals surface area contributed by atoms with Crippen molar-refractivity contribution >= 4 is 11.9 Å². The minimum Gasteiger partial charge on any atom is -0.466 e. The maximum absolute atomic E-state index is 11.2. The lowest BCUT2D eigenvalue weighted by molar-refractivity contribution is -0.143. The molecular weight excluding hydrogens is 278 g/mol. The minimum absolute atomic E-state index is 0.0764. The summed E-state index contributed by atoms with van der Waals surface area (Å²) in [6.45, 7) is 9.41. The van der Waals surface area contributed by atoms with Crippen molar-refractivity contribution in [3.05, 3.63) is 0 Å². The lowest BCUT2D eigenvalue weighted by Gasteiger charge is -2.21. The molecule has 0 radical (unpaired) electrons. The molecule has 0 fully saturated rings. The Morgan fingerprint density at radius 2 is 1.82 bits per heavy atom. The molecule has 0 saturated carbocycles. The quantitative estimate of drug-likeness (QED) is 0.260. The van der Waals surface area contributed by atoms with Crippen molar-refractivity contribution in [2.24, 2.45) is 4.99 Å². The highest BCUT2D eigenvalue weighted by atomic mass is 16.5. The van der Waals surface area contributed by atoms with Crippen molar-refractivity contribution in [2.45, 2.75) is 65.7 Å². The number of hydrogen-bond donors (Lipinski definition) is 1. The predicted octanol–water partition coefficient (Wildman–Crippen LogP) is 3.20. The number of carbonyl (C=O) groups excluding carboxylic acids is 1. The van der Waals surface area contributed by atoms with Crippen LogP contribution < -0.4 is 5.32 Å². The zero-order valence-corrected chi connectivity index (χ0v) is 15.0. The van der Waals surface area contributed by atoms with Gasteiger partial charge in [-0.1, -0.05) is 26.2 Å². The Morgan fingerprint density at radius 3 is 2.45 bits per heavy atom. The lowest BCUT2D eigenvalue weighted by Crippen LogP contribution is -2.39. The van der Waals surface area contributed by atoms with E-state index in [1.165, 1.54) is 12.8 Å². The number of rotatable bonds is 12. The highest BCUT2D eigenvalue weighted by Crippen LogP contribution is 2.04. The lowest BCUT2D eigenvalue weighted by atomic mass is 10.1. The van der Waals surface area contributed by atoms with Crippen LogP contribution in [0.5, 0.6) is 0 Å². The van der Waals surface area contributed by atoms with Gasteiger partial charge in [-0.3, -0.25) is 9.79 Å². The van der Waals surface area contributed by atoms with Gasteiger partial charge in [-0.05, 0) is 33.1 Å². The van der Waals surface area contributed by atoms with E-state index in [1.807, 2.05) is 6.92 Å². The van der Waals surface area contributed by atoms with Crippen LogP contribution >= 0.6 is 0 Å². The summed E-state index contributed by atoms with van der Waals surface area (Å²) in [4.78, 5) is 18.1. The molecule has 0 atom stereocenters. The second-order valence-corrected chi connectivity index (χ2v) is 5.48. The van der Waals surface area contributed by atoms with Crippen LogP contribution in [0, 0.1) is 0 Å². The maximum atomic E-state index is 11.2. The Labute approximate surface area is 136 Å². The Morgan fingerprint density at radius 1 is 1.09 bits per heavy atom. The Hall–Kier alpha value is -1.26. The summed E-state index contributed by atoms with van der Waals surface area (Å²) in [5.74, 6) is 0.926. The summed E-state index contributed by atoms with van der Waals surface area (Å²) in [5, 5.41) is 3.34. The van der Waals surface area contributed by atoms with Gasteiger partial charge in [0.1, 0.15) is 0 Å². The van der Waals surface area contributed by atoms with Crippen LogP contribution in [-0.4, -0.2) is 50.1 Å². The molecule has 0 amide bonds. The van der Waals surface area contributed by atoms with Crippen molar-refractivity contribution in [1.82, 2.24) is 10.2 Å². The van der Waals surface area contributed by atoms with Crippen LogP contribution in [0.25, 0.3) is 0 Å². The van der Waals surface area contributed by atoms with Crippen LogP contribution in [0.1, 0.15) is 65.7 Å². The number of nitrogens with zero attached hydrogens (tertiary/aromatic N) is 2. The summed E-state index contributed by atoms with van der Waals surface area (Å²) >= 11 is 0. The topological polar surface area (TPSA) is 53.9 Å². The second-order valence-electron chi connectivity index (χ2n) is 5.48. The van der Waals surface area contributed by atoms with Crippen molar-refractivity contribution in [3.63, 3.8) is 0 Å². The third-order valence-corrected chi connectivity index (χ3v) is 3.40. The van der Waals surface area contributed by atoms with E-state index in [0.717, 1.165) is 51.3 Å². The molecule has 5 heteroatoms. The standard InChI is InChI=1S/C17H35N3O2/c1-5-8-15-20(4)17(18-6-2)19-14-12-10-9-11-13-16(21)22-7-3/h5-15H2,1-4H3,(H,18,19). The molecular formula is C17H35N3O2. The number of carbonyl (C=O) groups is 1. The Kier molecular flexibility index (Phi) is 13.8. The molecule has 0 aliphatic carbocycles. The highest BCUT2D eigenvalue weighted by Gasteiger charge is 2.04. The van der Waals surface area contributed by atoms with Crippen molar-refractivity contribution in [2.75, 3.05) is 33.3 Å². The largest absolute Gasteiger partial charge is 0.466 e. The molecule has 0 aromatic carbocycles. The van der Waals surface area contributed by atoms with Gasteiger partial charge in [0.15, 0.2) is 5.96 Å². The first-order chi connectivity index (χ1) is 10.7. The zero-order valence-electron chi connectivity index (χ0n) is 15.0. The first kappa shape index (κ1) is 20.7. The van der Waals surface area contributed by atoms with Gasteiger partial charge >= 0.3 is 5.97 Å².